The number of quaternary nitrogens is 2. The molecule has 2 aliphatic rings. The smallest absolute Gasteiger partial charge is 0.271 e. The lowest BCUT2D eigenvalue weighted by atomic mass is 10.0. The number of nitrogens with one attached hydrogen (secondary N) is 3. The lowest BCUT2D eigenvalue weighted by Gasteiger charge is -2.24. The van der Waals surface area contributed by atoms with E-state index < -0.39 is 0 Å². The number of hydrogen-bond acceptors (Lipinski definition) is 5. The van der Waals surface area contributed by atoms with Crippen LogP contribution in [0, 0.1) is 0 Å². The zero-order chi connectivity index (χ0) is 26.7. The van der Waals surface area contributed by atoms with Crippen molar-refractivity contribution in [3.63, 3.8) is 0 Å². The van der Waals surface area contributed by atoms with Crippen molar-refractivity contribution >= 4 is 34.1 Å². The van der Waals surface area contributed by atoms with Crippen molar-refractivity contribution < 1.29 is 71.5 Å². The van der Waals surface area contributed by atoms with E-state index >= 15 is 0 Å². The molecule has 41 heavy (non-hydrogen) atoms. The second kappa shape index (κ2) is 19.0. The van der Waals surface area contributed by atoms with Gasteiger partial charge in [-0.2, -0.15) is 4.98 Å². The van der Waals surface area contributed by atoms with Crippen molar-refractivity contribution in [3.05, 3.63) is 42.2 Å². The maximum absolute atomic E-state index is 12.9. The number of hydrogen-bond donors (Lipinski definition) is 3. The Morgan fingerprint density at radius 3 is 2.61 bits per heavy atom. The van der Waals surface area contributed by atoms with E-state index in [1.807, 2.05) is 43.5 Å². The number of carbonyl (C=O) groups excluding carboxylic acids is 2. The number of para-hydroxylation sites is 1. The third-order valence-electron chi connectivity index (χ3n) is 7.36. The fourth-order valence-corrected chi connectivity index (χ4v) is 5.02. The molecule has 0 aliphatic carbocycles. The highest BCUT2D eigenvalue weighted by Crippen LogP contribution is 2.24. The van der Waals surface area contributed by atoms with Crippen molar-refractivity contribution in [3.8, 4) is 5.75 Å². The molecular formula is C29H42Cl3N5O4. The molecule has 1 atom stereocenters. The Balaban J connectivity index is 0.00000280. The van der Waals surface area contributed by atoms with E-state index in [0.717, 1.165) is 92.4 Å². The first-order valence-electron chi connectivity index (χ1n) is 13.9. The standard InChI is InChI=1S/C29H39N5O4.3ClH/c1-3-21(35)9-5-4-6-12-24(32-28(36)13-14-34-15-17-38-18-16-34)29-30-20-26(33-29)25-19-27(37-2)22-10-7-8-11-23(22)31-25;;;/h7-8,10-11,19-20,24H,3-6,9,12-18H2,1-2H3,(H,30,33)(H,32,36);3*1H/t24-;;;/m0.../s1. The third kappa shape index (κ3) is 10.8. The summed E-state index contributed by atoms with van der Waals surface area (Å²) in [4.78, 5) is 34.2. The molecule has 12 heteroatoms. The van der Waals surface area contributed by atoms with Crippen LogP contribution in [0.25, 0.3) is 16.6 Å². The van der Waals surface area contributed by atoms with Gasteiger partial charge < -0.3 is 56.9 Å². The van der Waals surface area contributed by atoms with E-state index in [1.165, 1.54) is 4.90 Å². The number of nitrogens with two attached hydrogens (primary N) is 1. The molecule has 1 saturated heterocycles. The summed E-state index contributed by atoms with van der Waals surface area (Å²) in [6, 6.07) is 9.87. The van der Waals surface area contributed by atoms with Gasteiger partial charge in [-0.15, -0.1) is 0 Å². The van der Waals surface area contributed by atoms with Gasteiger partial charge in [0.1, 0.15) is 36.9 Å². The Morgan fingerprint density at radius 1 is 1.12 bits per heavy atom. The number of unbranched alkanes of at least 4 members (excludes halogenated alkanes) is 2. The highest BCUT2D eigenvalue weighted by molar-refractivity contribution is 5.90. The van der Waals surface area contributed by atoms with Gasteiger partial charge in [-0.25, -0.2) is 4.99 Å². The molecule has 1 amide bonds. The minimum absolute atomic E-state index is 0. The summed E-state index contributed by atoms with van der Waals surface area (Å²) in [5.41, 5.74) is 2.86. The van der Waals surface area contributed by atoms with Crippen LogP contribution in [0.4, 0.5) is 0 Å². The van der Waals surface area contributed by atoms with Crippen molar-refractivity contribution in [1.29, 1.82) is 0 Å². The number of ether oxygens (including phenoxy) is 2. The highest BCUT2D eigenvalue weighted by Gasteiger charge is 2.30. The number of aromatic nitrogens is 1. The number of amides is 1. The lowest BCUT2D eigenvalue weighted by molar-refractivity contribution is -0.907. The van der Waals surface area contributed by atoms with Crippen LogP contribution >= 0.6 is 0 Å². The van der Waals surface area contributed by atoms with Crippen LogP contribution in [-0.4, -0.2) is 63.5 Å². The normalized spacial score (nSPS) is 15.5. The number of fused-ring (bicyclic) bond motifs is 1. The molecule has 5 N–H and O–H groups in total. The Kier molecular flexibility index (Phi) is 17.1. The average Bonchev–Trinajstić information content (AvgIpc) is 3.45. The Labute approximate surface area is 261 Å². The van der Waals surface area contributed by atoms with E-state index in [4.69, 9.17) is 14.5 Å². The van der Waals surface area contributed by atoms with Gasteiger partial charge in [0, 0.05) is 18.9 Å². The number of pyridine rings is 1. The van der Waals surface area contributed by atoms with Crippen molar-refractivity contribution in [2.24, 2.45) is 4.99 Å². The van der Waals surface area contributed by atoms with Crippen LogP contribution in [0.2, 0.25) is 0 Å². The summed E-state index contributed by atoms with van der Waals surface area (Å²) in [5, 5.41) is 6.33. The van der Waals surface area contributed by atoms with Gasteiger partial charge in [0.25, 0.3) is 5.69 Å². The number of H-pyrrole nitrogens is 1. The minimum Gasteiger partial charge on any atom is -1.00 e. The first kappa shape index (κ1) is 36.8. The van der Waals surface area contributed by atoms with Crippen LogP contribution in [0.3, 0.4) is 0 Å². The van der Waals surface area contributed by atoms with Crippen LogP contribution < -0.4 is 62.5 Å². The Bertz CT molecular complexity index is 1190. The van der Waals surface area contributed by atoms with Crippen LogP contribution in [-0.2, 0) is 14.3 Å². The number of nitrogens with zero attached hydrogens (tertiary/aromatic N) is 1. The lowest BCUT2D eigenvalue weighted by Crippen LogP contribution is -3.14. The van der Waals surface area contributed by atoms with Crippen LogP contribution in [0.15, 0.2) is 41.5 Å². The van der Waals surface area contributed by atoms with Gasteiger partial charge in [0.15, 0.2) is 0 Å². The van der Waals surface area contributed by atoms with E-state index in [1.54, 1.807) is 7.11 Å². The van der Waals surface area contributed by atoms with E-state index in [0.29, 0.717) is 25.0 Å². The zero-order valence-electron chi connectivity index (χ0n) is 23.8. The van der Waals surface area contributed by atoms with E-state index in [-0.39, 0.29) is 49.2 Å². The van der Waals surface area contributed by atoms with Crippen molar-refractivity contribution in [2.75, 3.05) is 40.0 Å². The highest BCUT2D eigenvalue weighted by atomic mass is 35.5. The number of methoxy groups -OCH3 is 1. The molecule has 0 radical (unpaired) electrons. The predicted molar refractivity (Wildman–Crippen MR) is 146 cm³/mol. The SMILES string of the molecule is CCC(=O)CCCCC[C@H](NC(=O)CC[NH+]1CCOCC1)C1=NC=C(c2cc(OC)c3ccccc3[nH+]2)[NH2+]1.[Cl-].[Cl-].[Cl-]. The van der Waals surface area contributed by atoms with Crippen molar-refractivity contribution in [2.45, 2.75) is 57.9 Å². The molecule has 9 nitrogen and oxygen atoms in total. The first-order chi connectivity index (χ1) is 18.6. The molecular weight excluding hydrogens is 589 g/mol. The fourth-order valence-electron chi connectivity index (χ4n) is 5.02. The third-order valence-corrected chi connectivity index (χ3v) is 7.36. The molecule has 0 saturated carbocycles. The number of morpholine rings is 1. The van der Waals surface area contributed by atoms with Gasteiger partial charge in [-0.3, -0.25) is 14.9 Å². The molecule has 0 spiro atoms. The number of rotatable bonds is 14. The van der Waals surface area contributed by atoms with Crippen molar-refractivity contribution in [1.82, 2.24) is 5.32 Å². The Hall–Kier alpha value is -2.27. The molecule has 1 aromatic carbocycles. The molecule has 3 heterocycles. The second-order valence-corrected chi connectivity index (χ2v) is 10.1. The largest absolute Gasteiger partial charge is 1.00 e. The molecule has 2 aromatic rings. The fraction of sp³-hybridized carbons (Fsp3) is 0.517. The minimum atomic E-state index is -0.167. The topological polar surface area (TPSA) is 112 Å². The molecule has 0 bridgehead atoms. The van der Waals surface area contributed by atoms with Gasteiger partial charge >= 0.3 is 0 Å². The summed E-state index contributed by atoms with van der Waals surface area (Å²) in [5.74, 6) is 2.02. The number of carbonyl (C=O) groups is 2. The number of benzene rings is 1. The first-order valence-corrected chi connectivity index (χ1v) is 13.9. The monoisotopic (exact) mass is 629 g/mol. The number of aliphatic imine (C=N–C) groups is 1. The molecule has 4 rings (SSSR count). The maximum atomic E-state index is 12.9. The van der Waals surface area contributed by atoms with E-state index in [9.17, 15) is 9.59 Å². The Morgan fingerprint density at radius 2 is 1.88 bits per heavy atom. The summed E-state index contributed by atoms with van der Waals surface area (Å²) in [6.07, 6.45) is 7.13. The maximum Gasteiger partial charge on any atom is 0.271 e. The quantitative estimate of drug-likeness (QED) is 0.180. The average molecular weight is 631 g/mol. The predicted octanol–water partition coefficient (Wildman–Crippen LogP) is -8.33. The number of halogens is 3. The number of amidine groups is 1. The summed E-state index contributed by atoms with van der Waals surface area (Å²) in [7, 11) is 1.68. The summed E-state index contributed by atoms with van der Waals surface area (Å²) < 4.78 is 11.1. The second-order valence-electron chi connectivity index (χ2n) is 10.1. The molecule has 0 unspecified atom stereocenters. The summed E-state index contributed by atoms with van der Waals surface area (Å²) >= 11 is 0. The molecule has 1 aromatic heterocycles. The van der Waals surface area contributed by atoms with E-state index in [2.05, 4.69) is 15.6 Å². The van der Waals surface area contributed by atoms with Gasteiger partial charge in [-0.05, 0) is 18.9 Å². The molecule has 2 aliphatic heterocycles. The summed E-state index contributed by atoms with van der Waals surface area (Å²) in [6.45, 7) is 6.15. The van der Waals surface area contributed by atoms with Gasteiger partial charge in [-0.1, -0.05) is 31.9 Å². The van der Waals surface area contributed by atoms with Crippen LogP contribution in [0.1, 0.15) is 57.6 Å². The number of aromatic amines is 1. The van der Waals surface area contributed by atoms with Gasteiger partial charge in [0.2, 0.25) is 23.0 Å². The number of Topliss-reactive ketones (excluding diaryl/α,β-unsaturated/α-hetero) is 1. The number of ketones is 1. The van der Waals surface area contributed by atoms with Gasteiger partial charge in [0.05, 0.1) is 44.7 Å². The molecule has 1 fully saturated rings. The molecule has 228 valence electrons. The zero-order valence-corrected chi connectivity index (χ0v) is 26.1. The van der Waals surface area contributed by atoms with Crippen LogP contribution in [0.5, 0.6) is 5.75 Å².